The lowest BCUT2D eigenvalue weighted by Gasteiger charge is -2.24. The van der Waals surface area contributed by atoms with Gasteiger partial charge in [-0.3, -0.25) is 14.6 Å². The highest BCUT2D eigenvalue weighted by atomic mass is 32.1. The second-order valence-corrected chi connectivity index (χ2v) is 9.11. The SMILES string of the molecule is CCCc1ccc(-c2nc(NC(=O)C3CC(=O)N(C)C3c3cccnc3)sc2C)cc1. The van der Waals surface area contributed by atoms with Gasteiger partial charge >= 0.3 is 0 Å². The number of benzene rings is 1. The van der Waals surface area contributed by atoms with Crippen LogP contribution in [0.5, 0.6) is 0 Å². The third-order valence-electron chi connectivity index (χ3n) is 5.74. The molecule has 2 atom stereocenters. The lowest BCUT2D eigenvalue weighted by atomic mass is 9.94. The number of pyridine rings is 1. The Labute approximate surface area is 186 Å². The Morgan fingerprint density at radius 2 is 2.03 bits per heavy atom. The van der Waals surface area contributed by atoms with Crippen molar-refractivity contribution in [1.29, 1.82) is 0 Å². The second kappa shape index (κ2) is 8.98. The number of likely N-dealkylation sites (tertiary alicyclic amines) is 1. The van der Waals surface area contributed by atoms with Crippen LogP contribution in [-0.2, 0) is 16.0 Å². The van der Waals surface area contributed by atoms with E-state index in [0.717, 1.165) is 34.5 Å². The smallest absolute Gasteiger partial charge is 0.232 e. The van der Waals surface area contributed by atoms with Crippen LogP contribution >= 0.6 is 11.3 Å². The van der Waals surface area contributed by atoms with Crippen LogP contribution in [0.1, 0.15) is 41.8 Å². The van der Waals surface area contributed by atoms with Gasteiger partial charge in [0.05, 0.1) is 17.7 Å². The number of hydrogen-bond acceptors (Lipinski definition) is 5. The molecule has 3 aromatic rings. The van der Waals surface area contributed by atoms with Gasteiger partial charge in [0, 0.05) is 36.3 Å². The molecule has 0 spiro atoms. The van der Waals surface area contributed by atoms with Crippen molar-refractivity contribution in [3.8, 4) is 11.3 Å². The summed E-state index contributed by atoms with van der Waals surface area (Å²) in [6, 6.07) is 11.8. The number of hydrogen-bond donors (Lipinski definition) is 1. The molecule has 0 aliphatic carbocycles. The largest absolute Gasteiger partial charge is 0.338 e. The monoisotopic (exact) mass is 434 g/mol. The number of carbonyl (C=O) groups is 2. The first kappa shape index (κ1) is 21.2. The summed E-state index contributed by atoms with van der Waals surface area (Å²) in [7, 11) is 1.74. The number of nitrogens with one attached hydrogen (secondary N) is 1. The summed E-state index contributed by atoms with van der Waals surface area (Å²) < 4.78 is 0. The summed E-state index contributed by atoms with van der Waals surface area (Å²) in [4.78, 5) is 37.0. The first-order valence-electron chi connectivity index (χ1n) is 10.5. The van der Waals surface area contributed by atoms with Gasteiger partial charge in [-0.25, -0.2) is 4.98 Å². The van der Waals surface area contributed by atoms with E-state index in [0.29, 0.717) is 5.13 Å². The standard InChI is InChI=1S/C24H26N4O2S/c1-4-6-16-8-10-17(11-9-16)21-15(2)31-24(26-21)27-23(30)19-13-20(29)28(3)22(19)18-7-5-12-25-14-18/h5,7-12,14,19,22H,4,6,13H2,1-3H3,(H,26,27,30). The molecule has 160 valence electrons. The van der Waals surface area contributed by atoms with E-state index in [-0.39, 0.29) is 24.3 Å². The highest BCUT2D eigenvalue weighted by Crippen LogP contribution is 2.38. The zero-order valence-corrected chi connectivity index (χ0v) is 18.8. The molecule has 31 heavy (non-hydrogen) atoms. The van der Waals surface area contributed by atoms with Gasteiger partial charge < -0.3 is 10.2 Å². The molecular weight excluding hydrogens is 408 g/mol. The van der Waals surface area contributed by atoms with E-state index in [4.69, 9.17) is 0 Å². The fraction of sp³-hybridized carbons (Fsp3) is 0.333. The first-order chi connectivity index (χ1) is 15.0. The van der Waals surface area contributed by atoms with Crippen LogP contribution in [0.15, 0.2) is 48.8 Å². The lowest BCUT2D eigenvalue weighted by Crippen LogP contribution is -2.30. The summed E-state index contributed by atoms with van der Waals surface area (Å²) in [6.45, 7) is 4.18. The highest BCUT2D eigenvalue weighted by molar-refractivity contribution is 7.16. The Kier molecular flexibility index (Phi) is 6.13. The van der Waals surface area contributed by atoms with E-state index in [9.17, 15) is 9.59 Å². The predicted octanol–water partition coefficient (Wildman–Crippen LogP) is 4.62. The number of amides is 2. The number of rotatable bonds is 6. The summed E-state index contributed by atoms with van der Waals surface area (Å²) >= 11 is 1.46. The summed E-state index contributed by atoms with van der Waals surface area (Å²) in [5.74, 6) is -0.718. The second-order valence-electron chi connectivity index (χ2n) is 7.91. The van der Waals surface area contributed by atoms with Gasteiger partial charge in [-0.2, -0.15) is 0 Å². The molecule has 0 saturated carbocycles. The van der Waals surface area contributed by atoms with Crippen molar-refractivity contribution in [1.82, 2.24) is 14.9 Å². The lowest BCUT2D eigenvalue weighted by molar-refractivity contribution is -0.127. The van der Waals surface area contributed by atoms with Gasteiger partial charge in [-0.05, 0) is 30.5 Å². The molecule has 1 N–H and O–H groups in total. The Balaban J connectivity index is 1.53. The molecule has 0 radical (unpaired) electrons. The molecule has 2 amide bonds. The van der Waals surface area contributed by atoms with E-state index < -0.39 is 5.92 Å². The maximum atomic E-state index is 13.1. The molecule has 4 rings (SSSR count). The number of aryl methyl sites for hydroxylation is 2. The molecule has 1 aliphatic heterocycles. The zero-order chi connectivity index (χ0) is 22.0. The minimum Gasteiger partial charge on any atom is -0.338 e. The summed E-state index contributed by atoms with van der Waals surface area (Å²) in [5, 5.41) is 3.51. The average Bonchev–Trinajstić information content (AvgIpc) is 3.28. The van der Waals surface area contributed by atoms with E-state index in [1.165, 1.54) is 16.9 Å². The maximum Gasteiger partial charge on any atom is 0.232 e. The molecule has 2 aromatic heterocycles. The van der Waals surface area contributed by atoms with Gasteiger partial charge in [0.15, 0.2) is 5.13 Å². The number of nitrogens with zero attached hydrogens (tertiary/aromatic N) is 3. The zero-order valence-electron chi connectivity index (χ0n) is 18.0. The van der Waals surface area contributed by atoms with Crippen molar-refractivity contribution in [3.05, 3.63) is 64.8 Å². The van der Waals surface area contributed by atoms with Gasteiger partial charge in [0.1, 0.15) is 0 Å². The maximum absolute atomic E-state index is 13.1. The van der Waals surface area contributed by atoms with Crippen molar-refractivity contribution in [2.24, 2.45) is 5.92 Å². The van der Waals surface area contributed by atoms with Crippen LogP contribution in [0.2, 0.25) is 0 Å². The average molecular weight is 435 g/mol. The third-order valence-corrected chi connectivity index (χ3v) is 6.63. The van der Waals surface area contributed by atoms with Crippen molar-refractivity contribution in [2.45, 2.75) is 39.2 Å². The van der Waals surface area contributed by atoms with E-state index in [2.05, 4.69) is 46.5 Å². The van der Waals surface area contributed by atoms with Crippen LogP contribution < -0.4 is 5.32 Å². The summed E-state index contributed by atoms with van der Waals surface area (Å²) in [5.41, 5.74) is 4.09. The summed E-state index contributed by atoms with van der Waals surface area (Å²) in [6.07, 6.45) is 5.75. The molecule has 3 heterocycles. The molecule has 0 bridgehead atoms. The van der Waals surface area contributed by atoms with E-state index in [1.807, 2.05) is 19.1 Å². The first-order valence-corrected chi connectivity index (χ1v) is 11.3. The van der Waals surface area contributed by atoms with Crippen LogP contribution in [0.25, 0.3) is 11.3 Å². The molecule has 6 nitrogen and oxygen atoms in total. The Morgan fingerprint density at radius 1 is 1.26 bits per heavy atom. The number of carbonyl (C=O) groups excluding carboxylic acids is 2. The van der Waals surface area contributed by atoms with Crippen LogP contribution in [0.3, 0.4) is 0 Å². The van der Waals surface area contributed by atoms with Crippen molar-refractivity contribution < 1.29 is 9.59 Å². The number of anilines is 1. The molecule has 1 fully saturated rings. The molecule has 2 unspecified atom stereocenters. The third kappa shape index (κ3) is 4.37. The highest BCUT2D eigenvalue weighted by Gasteiger charge is 2.43. The number of thiazole rings is 1. The van der Waals surface area contributed by atoms with Crippen molar-refractivity contribution in [2.75, 3.05) is 12.4 Å². The van der Waals surface area contributed by atoms with Crippen LogP contribution in [0.4, 0.5) is 5.13 Å². The fourth-order valence-electron chi connectivity index (χ4n) is 4.15. The molecule has 1 aromatic carbocycles. The van der Waals surface area contributed by atoms with Gasteiger partial charge in [-0.15, -0.1) is 11.3 Å². The number of aromatic nitrogens is 2. The van der Waals surface area contributed by atoms with Gasteiger partial charge in [-0.1, -0.05) is 43.7 Å². The predicted molar refractivity (Wildman–Crippen MR) is 123 cm³/mol. The Morgan fingerprint density at radius 3 is 2.71 bits per heavy atom. The minimum atomic E-state index is -0.484. The quantitative estimate of drug-likeness (QED) is 0.614. The van der Waals surface area contributed by atoms with Crippen LogP contribution in [0, 0.1) is 12.8 Å². The van der Waals surface area contributed by atoms with E-state index in [1.54, 1.807) is 24.3 Å². The fourth-order valence-corrected chi connectivity index (χ4v) is 4.98. The molecule has 1 saturated heterocycles. The van der Waals surface area contributed by atoms with E-state index >= 15 is 0 Å². The van der Waals surface area contributed by atoms with Gasteiger partial charge in [0.25, 0.3) is 0 Å². The van der Waals surface area contributed by atoms with Crippen molar-refractivity contribution in [3.63, 3.8) is 0 Å². The topological polar surface area (TPSA) is 75.2 Å². The van der Waals surface area contributed by atoms with Gasteiger partial charge in [0.2, 0.25) is 11.8 Å². The Bertz CT molecular complexity index is 1080. The van der Waals surface area contributed by atoms with Crippen molar-refractivity contribution >= 4 is 28.3 Å². The van der Waals surface area contributed by atoms with Crippen LogP contribution in [-0.4, -0.2) is 33.7 Å². The minimum absolute atomic E-state index is 0.0443. The molecular formula is C24H26N4O2S. The normalized spacial score (nSPS) is 18.4. The Hall–Kier alpha value is -3.06. The molecule has 7 heteroatoms. The molecule has 1 aliphatic rings.